The van der Waals surface area contributed by atoms with Gasteiger partial charge in [-0.15, -0.1) is 0 Å². The summed E-state index contributed by atoms with van der Waals surface area (Å²) in [6, 6.07) is 8.11. The Labute approximate surface area is 176 Å². The van der Waals surface area contributed by atoms with E-state index < -0.39 is 47.4 Å². The van der Waals surface area contributed by atoms with E-state index in [1.165, 1.54) is 26.4 Å². The van der Waals surface area contributed by atoms with Crippen LogP contribution in [0.25, 0.3) is 0 Å². The molecule has 1 aliphatic rings. The van der Waals surface area contributed by atoms with Crippen LogP contribution in [-0.2, 0) is 26.2 Å². The molecular weight excluding hydrogens is 433 g/mol. The fourth-order valence-corrected chi connectivity index (χ4v) is 8.41. The van der Waals surface area contributed by atoms with Gasteiger partial charge in [0.25, 0.3) is 0 Å². The first-order chi connectivity index (χ1) is 14.1. The van der Waals surface area contributed by atoms with Crippen molar-refractivity contribution in [2.45, 2.75) is 29.7 Å². The number of nitrogens with one attached hydrogen (secondary N) is 1. The van der Waals surface area contributed by atoms with Crippen LogP contribution in [0.5, 0.6) is 11.5 Å². The highest BCUT2D eigenvalue weighted by Crippen LogP contribution is 2.30. The van der Waals surface area contributed by atoms with Crippen molar-refractivity contribution in [2.24, 2.45) is 0 Å². The first-order valence-corrected chi connectivity index (χ1v) is 12.6. The molecule has 1 heterocycles. The molecule has 2 aromatic rings. The molecule has 1 N–H and O–H groups in total. The Balaban J connectivity index is 1.87. The average molecular weight is 458 g/mol. The predicted octanol–water partition coefficient (Wildman–Crippen LogP) is 1.88. The van der Waals surface area contributed by atoms with Crippen LogP contribution in [0, 0.1) is 12.7 Å². The number of sulfone groups is 2. The van der Waals surface area contributed by atoms with Gasteiger partial charge in [0.1, 0.15) is 10.7 Å². The summed E-state index contributed by atoms with van der Waals surface area (Å²) >= 11 is 0. The van der Waals surface area contributed by atoms with E-state index in [0.717, 1.165) is 11.6 Å². The third-order valence-electron chi connectivity index (χ3n) is 5.11. The molecule has 164 valence electrons. The van der Waals surface area contributed by atoms with Crippen LogP contribution >= 0.6 is 0 Å². The summed E-state index contributed by atoms with van der Waals surface area (Å²) in [6.07, 6.45) is 0. The Kier molecular flexibility index (Phi) is 6.40. The summed E-state index contributed by atoms with van der Waals surface area (Å²) < 4.78 is 75.4. The molecule has 0 amide bonds. The van der Waals surface area contributed by atoms with Gasteiger partial charge in [-0.3, -0.25) is 0 Å². The maximum atomic E-state index is 14.3. The number of halogens is 1. The van der Waals surface area contributed by atoms with E-state index >= 15 is 0 Å². The minimum atomic E-state index is -4.20. The van der Waals surface area contributed by atoms with Crippen molar-refractivity contribution < 1.29 is 30.7 Å². The summed E-state index contributed by atoms with van der Waals surface area (Å²) in [6.45, 7) is 1.86. The van der Waals surface area contributed by atoms with E-state index in [2.05, 4.69) is 5.32 Å². The molecule has 1 aliphatic heterocycles. The number of aryl methyl sites for hydroxylation is 1. The minimum Gasteiger partial charge on any atom is -0.493 e. The summed E-state index contributed by atoms with van der Waals surface area (Å²) in [5.41, 5.74) is 1.33. The molecule has 10 heteroatoms. The summed E-state index contributed by atoms with van der Waals surface area (Å²) in [4.78, 5) is -0.470. The molecule has 0 aromatic heterocycles. The molecule has 7 nitrogen and oxygen atoms in total. The van der Waals surface area contributed by atoms with E-state index in [4.69, 9.17) is 9.47 Å². The standard InChI is InChI=1S/C20H24FNO6S2/c1-13-4-6-15(21)19(8-13)30(25,26)20-12-29(23,24)11-16(20)22-10-14-5-7-17(27-2)18(9-14)28-3/h4-9,16,20,22H,10-12H2,1-3H3/t16-,20-/m0/s1. The molecule has 1 saturated heterocycles. The fraction of sp³-hybridized carbons (Fsp3) is 0.400. The van der Waals surface area contributed by atoms with Crippen molar-refractivity contribution in [3.05, 3.63) is 53.3 Å². The Morgan fingerprint density at radius 2 is 1.77 bits per heavy atom. The lowest BCUT2D eigenvalue weighted by Crippen LogP contribution is -2.43. The van der Waals surface area contributed by atoms with Gasteiger partial charge in [0.15, 0.2) is 31.2 Å². The molecule has 0 saturated carbocycles. The second kappa shape index (κ2) is 8.52. The largest absolute Gasteiger partial charge is 0.493 e. The summed E-state index contributed by atoms with van der Waals surface area (Å²) in [5.74, 6) is -0.727. The molecular formula is C20H24FNO6S2. The van der Waals surface area contributed by atoms with Gasteiger partial charge in [0, 0.05) is 12.6 Å². The molecule has 2 atom stereocenters. The van der Waals surface area contributed by atoms with Crippen molar-refractivity contribution >= 4 is 19.7 Å². The third-order valence-corrected chi connectivity index (χ3v) is 9.27. The van der Waals surface area contributed by atoms with Gasteiger partial charge >= 0.3 is 0 Å². The van der Waals surface area contributed by atoms with Crippen LogP contribution in [0.15, 0.2) is 41.3 Å². The van der Waals surface area contributed by atoms with Crippen molar-refractivity contribution in [3.8, 4) is 11.5 Å². The molecule has 2 aromatic carbocycles. The van der Waals surface area contributed by atoms with Gasteiger partial charge in [-0.2, -0.15) is 0 Å². The molecule has 0 aliphatic carbocycles. The average Bonchev–Trinajstić information content (AvgIpc) is 3.03. The van der Waals surface area contributed by atoms with Crippen molar-refractivity contribution in [2.75, 3.05) is 25.7 Å². The molecule has 1 fully saturated rings. The zero-order chi connectivity index (χ0) is 22.1. The highest BCUT2D eigenvalue weighted by molar-refractivity contribution is 7.96. The first-order valence-electron chi connectivity index (χ1n) is 9.22. The lowest BCUT2D eigenvalue weighted by Gasteiger charge is -2.21. The van der Waals surface area contributed by atoms with E-state index in [1.54, 1.807) is 25.1 Å². The predicted molar refractivity (Wildman–Crippen MR) is 111 cm³/mol. The topological polar surface area (TPSA) is 98.8 Å². The fourth-order valence-electron chi connectivity index (χ4n) is 3.54. The van der Waals surface area contributed by atoms with Gasteiger partial charge < -0.3 is 14.8 Å². The molecule has 0 spiro atoms. The second-order valence-corrected chi connectivity index (χ2v) is 11.6. The molecule has 3 rings (SSSR count). The lowest BCUT2D eigenvalue weighted by atomic mass is 10.1. The Hall–Kier alpha value is -2.17. The van der Waals surface area contributed by atoms with E-state index in [9.17, 15) is 21.2 Å². The number of hydrogen-bond acceptors (Lipinski definition) is 7. The SMILES string of the molecule is COc1ccc(CN[C@H]2CS(=O)(=O)C[C@@H]2S(=O)(=O)c2cc(C)ccc2F)cc1OC. The lowest BCUT2D eigenvalue weighted by molar-refractivity contribution is 0.354. The maximum absolute atomic E-state index is 14.3. The molecule has 0 bridgehead atoms. The van der Waals surface area contributed by atoms with Gasteiger partial charge in [0.2, 0.25) is 0 Å². The van der Waals surface area contributed by atoms with Crippen molar-refractivity contribution in [1.82, 2.24) is 5.32 Å². The Morgan fingerprint density at radius 3 is 2.43 bits per heavy atom. The van der Waals surface area contributed by atoms with E-state index in [1.807, 2.05) is 0 Å². The first kappa shape index (κ1) is 22.5. The number of benzene rings is 2. The van der Waals surface area contributed by atoms with Gasteiger partial charge in [-0.05, 0) is 42.3 Å². The van der Waals surface area contributed by atoms with Crippen LogP contribution in [0.3, 0.4) is 0 Å². The molecule has 30 heavy (non-hydrogen) atoms. The Bertz CT molecular complexity index is 1150. The van der Waals surface area contributed by atoms with E-state index in [-0.39, 0.29) is 12.3 Å². The zero-order valence-electron chi connectivity index (χ0n) is 16.9. The molecule has 0 radical (unpaired) electrons. The summed E-state index contributed by atoms with van der Waals surface area (Å²) in [7, 11) is -4.79. The van der Waals surface area contributed by atoms with Crippen LogP contribution in [-0.4, -0.2) is 53.9 Å². The van der Waals surface area contributed by atoms with Crippen molar-refractivity contribution in [3.63, 3.8) is 0 Å². The van der Waals surface area contributed by atoms with Crippen molar-refractivity contribution in [1.29, 1.82) is 0 Å². The maximum Gasteiger partial charge on any atom is 0.186 e. The van der Waals surface area contributed by atoms with Gasteiger partial charge in [-0.1, -0.05) is 12.1 Å². The highest BCUT2D eigenvalue weighted by Gasteiger charge is 2.46. The number of methoxy groups -OCH3 is 2. The van der Waals surface area contributed by atoms with Crippen LogP contribution in [0.1, 0.15) is 11.1 Å². The second-order valence-electron chi connectivity index (χ2n) is 7.27. The number of rotatable bonds is 7. The quantitative estimate of drug-likeness (QED) is 0.678. The number of hydrogen-bond donors (Lipinski definition) is 1. The zero-order valence-corrected chi connectivity index (χ0v) is 18.5. The number of ether oxygens (including phenoxy) is 2. The van der Waals surface area contributed by atoms with Gasteiger partial charge in [-0.25, -0.2) is 21.2 Å². The van der Waals surface area contributed by atoms with Crippen LogP contribution in [0.2, 0.25) is 0 Å². The van der Waals surface area contributed by atoms with Crippen LogP contribution in [0.4, 0.5) is 4.39 Å². The summed E-state index contributed by atoms with van der Waals surface area (Å²) in [5, 5.41) is 1.75. The normalized spacial score (nSPS) is 20.8. The van der Waals surface area contributed by atoms with Gasteiger partial charge in [0.05, 0.1) is 31.0 Å². The smallest absolute Gasteiger partial charge is 0.186 e. The monoisotopic (exact) mass is 457 g/mol. The minimum absolute atomic E-state index is 0.211. The van der Waals surface area contributed by atoms with Crippen LogP contribution < -0.4 is 14.8 Å². The van der Waals surface area contributed by atoms with E-state index in [0.29, 0.717) is 17.1 Å². The third kappa shape index (κ3) is 4.60. The highest BCUT2D eigenvalue weighted by atomic mass is 32.2. The molecule has 0 unspecified atom stereocenters. The Morgan fingerprint density at radius 1 is 1.07 bits per heavy atom.